The van der Waals surface area contributed by atoms with E-state index in [0.717, 1.165) is 12.1 Å². The highest BCUT2D eigenvalue weighted by Gasteiger charge is 2.13. The van der Waals surface area contributed by atoms with Crippen LogP contribution in [0.3, 0.4) is 0 Å². The second kappa shape index (κ2) is 5.87. The third-order valence-electron chi connectivity index (χ3n) is 2.38. The van der Waals surface area contributed by atoms with Crippen LogP contribution in [0.5, 0.6) is 0 Å². The van der Waals surface area contributed by atoms with Gasteiger partial charge in [-0.3, -0.25) is 10.1 Å². The minimum atomic E-state index is -0.472. The SMILES string of the molecule is CC(C)CC(C)Nc1ccc(Cl)c([N+](=O)[O-])c1. The van der Waals surface area contributed by atoms with Gasteiger partial charge in [-0.25, -0.2) is 0 Å². The van der Waals surface area contributed by atoms with Crippen molar-refractivity contribution in [1.29, 1.82) is 0 Å². The minimum Gasteiger partial charge on any atom is -0.382 e. The molecule has 0 aromatic heterocycles. The lowest BCUT2D eigenvalue weighted by Crippen LogP contribution is -2.17. The van der Waals surface area contributed by atoms with Gasteiger partial charge >= 0.3 is 0 Å². The first-order valence-corrected chi connectivity index (χ1v) is 5.98. The van der Waals surface area contributed by atoms with Crippen molar-refractivity contribution in [3.05, 3.63) is 33.3 Å². The van der Waals surface area contributed by atoms with E-state index < -0.39 is 4.92 Å². The monoisotopic (exact) mass is 256 g/mol. The van der Waals surface area contributed by atoms with Crippen molar-refractivity contribution in [3.63, 3.8) is 0 Å². The van der Waals surface area contributed by atoms with E-state index in [4.69, 9.17) is 11.6 Å². The number of rotatable bonds is 5. The van der Waals surface area contributed by atoms with Gasteiger partial charge < -0.3 is 5.32 Å². The van der Waals surface area contributed by atoms with E-state index >= 15 is 0 Å². The molecule has 4 nitrogen and oxygen atoms in total. The molecule has 0 saturated heterocycles. The molecule has 0 aliphatic rings. The second-order valence-corrected chi connectivity index (χ2v) is 5.01. The van der Waals surface area contributed by atoms with Crippen LogP contribution in [0.25, 0.3) is 0 Å². The number of anilines is 1. The molecule has 1 aromatic rings. The Kier molecular flexibility index (Phi) is 4.75. The summed E-state index contributed by atoms with van der Waals surface area (Å²) in [5, 5.41) is 14.1. The molecule has 1 rings (SSSR count). The van der Waals surface area contributed by atoms with Gasteiger partial charge in [0.25, 0.3) is 5.69 Å². The highest BCUT2D eigenvalue weighted by Crippen LogP contribution is 2.27. The van der Waals surface area contributed by atoms with Crippen LogP contribution < -0.4 is 5.32 Å². The maximum Gasteiger partial charge on any atom is 0.289 e. The van der Waals surface area contributed by atoms with E-state index in [1.54, 1.807) is 12.1 Å². The summed E-state index contributed by atoms with van der Waals surface area (Å²) in [7, 11) is 0. The number of nitro benzene ring substituents is 1. The molecule has 0 aliphatic carbocycles. The number of nitrogens with one attached hydrogen (secondary N) is 1. The molecular formula is C12H17ClN2O2. The Labute approximate surface area is 106 Å². The third-order valence-corrected chi connectivity index (χ3v) is 2.70. The first-order valence-electron chi connectivity index (χ1n) is 5.60. The largest absolute Gasteiger partial charge is 0.382 e. The molecular weight excluding hydrogens is 240 g/mol. The number of halogens is 1. The molecule has 0 amide bonds. The average Bonchev–Trinajstić information content (AvgIpc) is 2.19. The van der Waals surface area contributed by atoms with Gasteiger partial charge in [0, 0.05) is 17.8 Å². The topological polar surface area (TPSA) is 55.2 Å². The molecule has 0 spiro atoms. The normalized spacial score (nSPS) is 12.5. The van der Waals surface area contributed by atoms with Gasteiger partial charge in [0.2, 0.25) is 0 Å². The summed E-state index contributed by atoms with van der Waals surface area (Å²) in [5.74, 6) is 0.583. The summed E-state index contributed by atoms with van der Waals surface area (Å²) in [6, 6.07) is 5.05. The number of hydrogen-bond donors (Lipinski definition) is 1. The predicted octanol–water partition coefficient (Wildman–Crippen LogP) is 4.09. The molecule has 0 fully saturated rings. The molecule has 0 aliphatic heterocycles. The van der Waals surface area contributed by atoms with Crippen LogP contribution in [0, 0.1) is 16.0 Å². The van der Waals surface area contributed by atoms with Crippen molar-refractivity contribution >= 4 is 23.0 Å². The van der Waals surface area contributed by atoms with Gasteiger partial charge in [-0.1, -0.05) is 25.4 Å². The summed E-state index contributed by atoms with van der Waals surface area (Å²) >= 11 is 5.74. The van der Waals surface area contributed by atoms with E-state index in [1.807, 2.05) is 0 Å². The molecule has 1 N–H and O–H groups in total. The van der Waals surface area contributed by atoms with Crippen LogP contribution in [-0.4, -0.2) is 11.0 Å². The van der Waals surface area contributed by atoms with Crippen LogP contribution in [0.2, 0.25) is 5.02 Å². The number of benzene rings is 1. The van der Waals surface area contributed by atoms with Gasteiger partial charge in [0.15, 0.2) is 0 Å². The molecule has 5 heteroatoms. The smallest absolute Gasteiger partial charge is 0.289 e. The Morgan fingerprint density at radius 1 is 1.41 bits per heavy atom. The highest BCUT2D eigenvalue weighted by atomic mass is 35.5. The summed E-state index contributed by atoms with van der Waals surface area (Å²) in [6.07, 6.45) is 1.01. The van der Waals surface area contributed by atoms with E-state index in [0.29, 0.717) is 5.92 Å². The Morgan fingerprint density at radius 3 is 2.59 bits per heavy atom. The molecule has 0 radical (unpaired) electrons. The molecule has 0 bridgehead atoms. The van der Waals surface area contributed by atoms with Crippen molar-refractivity contribution in [2.24, 2.45) is 5.92 Å². The fourth-order valence-corrected chi connectivity index (χ4v) is 1.98. The maximum absolute atomic E-state index is 10.7. The van der Waals surface area contributed by atoms with Gasteiger partial charge in [-0.05, 0) is 31.4 Å². The lowest BCUT2D eigenvalue weighted by Gasteiger charge is -2.17. The van der Waals surface area contributed by atoms with Crippen LogP contribution in [0.4, 0.5) is 11.4 Å². The fraction of sp³-hybridized carbons (Fsp3) is 0.500. The Balaban J connectivity index is 2.79. The van der Waals surface area contributed by atoms with Gasteiger partial charge in [0.05, 0.1) is 4.92 Å². The molecule has 1 unspecified atom stereocenters. The van der Waals surface area contributed by atoms with Crippen LogP contribution in [-0.2, 0) is 0 Å². The van der Waals surface area contributed by atoms with Gasteiger partial charge in [-0.15, -0.1) is 0 Å². The minimum absolute atomic E-state index is 0.0617. The van der Waals surface area contributed by atoms with Crippen molar-refractivity contribution < 1.29 is 4.92 Å². The zero-order valence-electron chi connectivity index (χ0n) is 10.2. The summed E-state index contributed by atoms with van der Waals surface area (Å²) in [4.78, 5) is 10.3. The van der Waals surface area contributed by atoms with Crippen LogP contribution in [0.15, 0.2) is 18.2 Å². The van der Waals surface area contributed by atoms with E-state index in [-0.39, 0.29) is 16.8 Å². The Morgan fingerprint density at radius 2 is 2.06 bits per heavy atom. The van der Waals surface area contributed by atoms with E-state index in [2.05, 4.69) is 26.1 Å². The fourth-order valence-electron chi connectivity index (χ4n) is 1.79. The molecule has 1 aromatic carbocycles. The highest BCUT2D eigenvalue weighted by molar-refractivity contribution is 6.32. The zero-order valence-corrected chi connectivity index (χ0v) is 11.0. The summed E-state index contributed by atoms with van der Waals surface area (Å²) < 4.78 is 0. The second-order valence-electron chi connectivity index (χ2n) is 4.60. The third kappa shape index (κ3) is 4.23. The van der Waals surface area contributed by atoms with E-state index in [1.165, 1.54) is 6.07 Å². The molecule has 1 atom stereocenters. The quantitative estimate of drug-likeness (QED) is 0.638. The standard InChI is InChI=1S/C12H17ClN2O2/c1-8(2)6-9(3)14-10-4-5-11(13)12(7-10)15(16)17/h4-5,7-9,14H,6H2,1-3H3. The number of nitro groups is 1. The van der Waals surface area contributed by atoms with E-state index in [9.17, 15) is 10.1 Å². The molecule has 94 valence electrons. The predicted molar refractivity (Wildman–Crippen MR) is 70.6 cm³/mol. The van der Waals surface area contributed by atoms with Crippen LogP contribution >= 0.6 is 11.6 Å². The molecule has 0 heterocycles. The molecule has 0 saturated carbocycles. The van der Waals surface area contributed by atoms with Gasteiger partial charge in [0.1, 0.15) is 5.02 Å². The Bertz CT molecular complexity index is 407. The number of hydrogen-bond acceptors (Lipinski definition) is 3. The first kappa shape index (κ1) is 13.8. The average molecular weight is 257 g/mol. The summed E-state index contributed by atoms with van der Waals surface area (Å²) in [5.41, 5.74) is 0.669. The number of nitrogens with zero attached hydrogens (tertiary/aromatic N) is 1. The lowest BCUT2D eigenvalue weighted by molar-refractivity contribution is -0.384. The van der Waals surface area contributed by atoms with Crippen molar-refractivity contribution in [2.45, 2.75) is 33.2 Å². The Hall–Kier alpha value is -1.29. The lowest BCUT2D eigenvalue weighted by atomic mass is 10.1. The molecule has 17 heavy (non-hydrogen) atoms. The van der Waals surface area contributed by atoms with Gasteiger partial charge in [-0.2, -0.15) is 0 Å². The van der Waals surface area contributed by atoms with Crippen molar-refractivity contribution in [2.75, 3.05) is 5.32 Å². The first-order chi connectivity index (χ1) is 7.90. The van der Waals surface area contributed by atoms with Crippen molar-refractivity contribution in [3.8, 4) is 0 Å². The maximum atomic E-state index is 10.7. The summed E-state index contributed by atoms with van der Waals surface area (Å²) in [6.45, 7) is 6.34. The van der Waals surface area contributed by atoms with Crippen molar-refractivity contribution in [1.82, 2.24) is 0 Å². The van der Waals surface area contributed by atoms with Crippen LogP contribution in [0.1, 0.15) is 27.2 Å². The zero-order chi connectivity index (χ0) is 13.0.